The van der Waals surface area contributed by atoms with E-state index in [9.17, 15) is 0 Å². The molecule has 1 atom stereocenters. The summed E-state index contributed by atoms with van der Waals surface area (Å²) in [5.74, 6) is 0. The largest absolute Gasteiger partial charge is 0.383 e. The lowest BCUT2D eigenvalue weighted by molar-refractivity contribution is 0.204. The first kappa shape index (κ1) is 15.4. The molecule has 18 heavy (non-hydrogen) atoms. The Hall–Kier alpha value is -0.650. The Bertz CT molecular complexity index is 341. The molecule has 0 radical (unpaired) electrons. The van der Waals surface area contributed by atoms with Crippen LogP contribution in [0.15, 0.2) is 6.20 Å². The van der Waals surface area contributed by atoms with Gasteiger partial charge in [0, 0.05) is 36.8 Å². The van der Waals surface area contributed by atoms with Gasteiger partial charge in [0.05, 0.1) is 6.61 Å². The highest BCUT2D eigenvalue weighted by Crippen LogP contribution is 2.28. The van der Waals surface area contributed by atoms with Crippen LogP contribution in [0.2, 0.25) is 0 Å². The molecule has 0 spiro atoms. The summed E-state index contributed by atoms with van der Waals surface area (Å²) in [5.41, 5.74) is 0. The third kappa shape index (κ3) is 4.23. The van der Waals surface area contributed by atoms with Crippen LogP contribution in [-0.4, -0.2) is 37.8 Å². The van der Waals surface area contributed by atoms with Gasteiger partial charge in [0.1, 0.15) is 0 Å². The third-order valence-electron chi connectivity index (χ3n) is 2.85. The van der Waals surface area contributed by atoms with E-state index in [0.717, 1.165) is 24.8 Å². The van der Waals surface area contributed by atoms with Crippen LogP contribution in [0.3, 0.4) is 0 Å². The second-order valence-electron chi connectivity index (χ2n) is 4.60. The lowest BCUT2D eigenvalue weighted by Crippen LogP contribution is -2.33. The van der Waals surface area contributed by atoms with Gasteiger partial charge in [0.15, 0.2) is 5.13 Å². The number of methoxy groups -OCH3 is 1. The number of nitrogens with zero attached hydrogens (tertiary/aromatic N) is 2. The first-order valence-electron chi connectivity index (χ1n) is 6.54. The zero-order valence-electron chi connectivity index (χ0n) is 12.1. The Kier molecular flexibility index (Phi) is 6.60. The number of aromatic nitrogens is 1. The highest BCUT2D eigenvalue weighted by molar-refractivity contribution is 7.15. The molecule has 0 amide bonds. The lowest BCUT2D eigenvalue weighted by Gasteiger charge is -2.25. The minimum absolute atomic E-state index is 0.373. The van der Waals surface area contributed by atoms with Crippen LogP contribution in [0.25, 0.3) is 0 Å². The molecule has 1 heterocycles. The van der Waals surface area contributed by atoms with E-state index in [1.54, 1.807) is 18.4 Å². The van der Waals surface area contributed by atoms with Crippen LogP contribution in [0, 0.1) is 0 Å². The van der Waals surface area contributed by atoms with Crippen molar-refractivity contribution in [1.82, 2.24) is 10.3 Å². The maximum absolute atomic E-state index is 5.16. The average molecular weight is 271 g/mol. The molecule has 1 aromatic heterocycles. The predicted octanol–water partition coefficient (Wildman–Crippen LogP) is 2.67. The standard InChI is InChI=1S/C13H25N3OS/c1-6-14-11(4)12-9-15-13(18-12)16(10(2)3)7-8-17-5/h9-11,14H,6-8H2,1-5H3. The molecule has 0 aliphatic carbocycles. The molecule has 1 aromatic rings. The second kappa shape index (κ2) is 7.71. The molecule has 0 aliphatic heterocycles. The minimum atomic E-state index is 0.373. The van der Waals surface area contributed by atoms with E-state index in [0.29, 0.717) is 12.1 Å². The summed E-state index contributed by atoms with van der Waals surface area (Å²) < 4.78 is 5.16. The van der Waals surface area contributed by atoms with Crippen molar-refractivity contribution in [2.75, 3.05) is 31.7 Å². The van der Waals surface area contributed by atoms with Crippen molar-refractivity contribution in [2.24, 2.45) is 0 Å². The molecule has 1 N–H and O–H groups in total. The number of ether oxygens (including phenoxy) is 1. The summed E-state index contributed by atoms with van der Waals surface area (Å²) in [6, 6.07) is 0.811. The van der Waals surface area contributed by atoms with Crippen LogP contribution in [-0.2, 0) is 4.74 Å². The Morgan fingerprint density at radius 3 is 2.72 bits per heavy atom. The zero-order valence-corrected chi connectivity index (χ0v) is 12.9. The van der Waals surface area contributed by atoms with Crippen LogP contribution >= 0.6 is 11.3 Å². The highest BCUT2D eigenvalue weighted by Gasteiger charge is 2.16. The fraction of sp³-hybridized carbons (Fsp3) is 0.769. The van der Waals surface area contributed by atoms with Crippen LogP contribution < -0.4 is 10.2 Å². The van der Waals surface area contributed by atoms with Crippen molar-refractivity contribution in [3.63, 3.8) is 0 Å². The summed E-state index contributed by atoms with van der Waals surface area (Å²) >= 11 is 1.76. The van der Waals surface area contributed by atoms with Crippen molar-refractivity contribution in [3.8, 4) is 0 Å². The van der Waals surface area contributed by atoms with Gasteiger partial charge in [-0.1, -0.05) is 6.92 Å². The number of hydrogen-bond donors (Lipinski definition) is 1. The van der Waals surface area contributed by atoms with Gasteiger partial charge in [-0.15, -0.1) is 11.3 Å². The van der Waals surface area contributed by atoms with Gasteiger partial charge >= 0.3 is 0 Å². The molecular weight excluding hydrogens is 246 g/mol. The molecule has 5 heteroatoms. The van der Waals surface area contributed by atoms with Crippen molar-refractivity contribution in [2.45, 2.75) is 39.8 Å². The SMILES string of the molecule is CCNC(C)c1cnc(N(CCOC)C(C)C)s1. The normalized spacial score (nSPS) is 13.0. The van der Waals surface area contributed by atoms with E-state index in [2.05, 4.69) is 42.9 Å². The second-order valence-corrected chi connectivity index (χ2v) is 5.65. The fourth-order valence-corrected chi connectivity index (χ4v) is 2.88. The van der Waals surface area contributed by atoms with E-state index in [1.807, 2.05) is 6.20 Å². The average Bonchev–Trinajstić information content (AvgIpc) is 2.79. The first-order valence-corrected chi connectivity index (χ1v) is 7.36. The van der Waals surface area contributed by atoms with Crippen LogP contribution in [0.1, 0.15) is 38.6 Å². The molecular formula is C13H25N3OS. The highest BCUT2D eigenvalue weighted by atomic mass is 32.1. The topological polar surface area (TPSA) is 37.4 Å². The number of anilines is 1. The molecule has 0 saturated carbocycles. The van der Waals surface area contributed by atoms with Crippen LogP contribution in [0.4, 0.5) is 5.13 Å². The van der Waals surface area contributed by atoms with E-state index >= 15 is 0 Å². The van der Waals surface area contributed by atoms with Crippen molar-refractivity contribution in [3.05, 3.63) is 11.1 Å². The molecule has 0 saturated heterocycles. The molecule has 0 fully saturated rings. The minimum Gasteiger partial charge on any atom is -0.383 e. The number of hydrogen-bond acceptors (Lipinski definition) is 5. The summed E-state index contributed by atoms with van der Waals surface area (Å²) in [6.07, 6.45) is 1.98. The number of rotatable bonds is 8. The maximum atomic E-state index is 5.16. The van der Waals surface area contributed by atoms with Gasteiger partial charge in [-0.25, -0.2) is 4.98 Å². The molecule has 4 nitrogen and oxygen atoms in total. The van der Waals surface area contributed by atoms with Gasteiger partial charge < -0.3 is 15.0 Å². The van der Waals surface area contributed by atoms with E-state index in [4.69, 9.17) is 4.74 Å². The van der Waals surface area contributed by atoms with Crippen molar-refractivity contribution < 1.29 is 4.74 Å². The Labute approximate surface area is 114 Å². The lowest BCUT2D eigenvalue weighted by atomic mass is 10.3. The van der Waals surface area contributed by atoms with E-state index < -0.39 is 0 Å². The molecule has 104 valence electrons. The van der Waals surface area contributed by atoms with Gasteiger partial charge in [0.2, 0.25) is 0 Å². The van der Waals surface area contributed by atoms with Gasteiger partial charge in [-0.3, -0.25) is 0 Å². The van der Waals surface area contributed by atoms with Gasteiger partial charge in [-0.2, -0.15) is 0 Å². The molecule has 0 aromatic carbocycles. The Morgan fingerprint density at radius 1 is 1.44 bits per heavy atom. The van der Waals surface area contributed by atoms with Gasteiger partial charge in [0.25, 0.3) is 0 Å². The molecule has 0 bridgehead atoms. The summed E-state index contributed by atoms with van der Waals surface area (Å²) in [4.78, 5) is 8.12. The van der Waals surface area contributed by atoms with Crippen molar-refractivity contribution in [1.29, 1.82) is 0 Å². The number of thiazole rings is 1. The van der Waals surface area contributed by atoms with E-state index in [-0.39, 0.29) is 0 Å². The Balaban J connectivity index is 2.74. The molecule has 1 unspecified atom stereocenters. The quantitative estimate of drug-likeness (QED) is 0.789. The summed E-state index contributed by atoms with van der Waals surface area (Å²) in [7, 11) is 1.74. The maximum Gasteiger partial charge on any atom is 0.185 e. The third-order valence-corrected chi connectivity index (χ3v) is 4.07. The molecule has 0 aliphatic rings. The Morgan fingerprint density at radius 2 is 2.17 bits per heavy atom. The van der Waals surface area contributed by atoms with Gasteiger partial charge in [-0.05, 0) is 27.3 Å². The predicted molar refractivity (Wildman–Crippen MR) is 78.6 cm³/mol. The smallest absolute Gasteiger partial charge is 0.185 e. The molecule has 1 rings (SSSR count). The summed E-state index contributed by atoms with van der Waals surface area (Å²) in [6.45, 7) is 11.3. The van der Waals surface area contributed by atoms with E-state index in [1.165, 1.54) is 4.88 Å². The zero-order chi connectivity index (χ0) is 13.5. The van der Waals surface area contributed by atoms with Crippen LogP contribution in [0.5, 0.6) is 0 Å². The summed E-state index contributed by atoms with van der Waals surface area (Å²) in [5, 5.41) is 4.50. The van der Waals surface area contributed by atoms with Crippen molar-refractivity contribution >= 4 is 16.5 Å². The number of nitrogens with one attached hydrogen (secondary N) is 1. The fourth-order valence-electron chi connectivity index (χ4n) is 1.78. The monoisotopic (exact) mass is 271 g/mol. The first-order chi connectivity index (χ1) is 8.60.